The van der Waals surface area contributed by atoms with Crippen LogP contribution in [0, 0.1) is 0 Å². The van der Waals surface area contributed by atoms with Gasteiger partial charge in [0, 0.05) is 5.39 Å². The molecule has 0 aromatic heterocycles. The third-order valence-corrected chi connectivity index (χ3v) is 3.42. The van der Waals surface area contributed by atoms with Gasteiger partial charge in [-0.1, -0.05) is 24.3 Å². The molecule has 0 atom stereocenters. The van der Waals surface area contributed by atoms with E-state index in [4.69, 9.17) is 10.3 Å². The van der Waals surface area contributed by atoms with Gasteiger partial charge in [0.1, 0.15) is 5.75 Å². The average molecular weight is 282 g/mol. The Morgan fingerprint density at radius 1 is 1.26 bits per heavy atom. The van der Waals surface area contributed by atoms with Gasteiger partial charge in [-0.05, 0) is 11.5 Å². The van der Waals surface area contributed by atoms with Crippen LogP contribution in [0.2, 0.25) is 0 Å². The Morgan fingerprint density at radius 3 is 2.47 bits per heavy atom. The number of anilines is 1. The molecule has 0 aliphatic rings. The highest BCUT2D eigenvalue weighted by Gasteiger charge is 2.23. The van der Waals surface area contributed by atoms with E-state index < -0.39 is 26.8 Å². The van der Waals surface area contributed by atoms with E-state index in [0.717, 1.165) is 0 Å². The molecule has 0 unspecified atom stereocenters. The first-order chi connectivity index (χ1) is 8.80. The van der Waals surface area contributed by atoms with Gasteiger partial charge in [0.15, 0.2) is 4.90 Å². The van der Waals surface area contributed by atoms with Gasteiger partial charge in [0.05, 0.1) is 5.69 Å². The number of hydrogen-bond donors (Lipinski definition) is 4. The van der Waals surface area contributed by atoms with E-state index in [1.54, 1.807) is 18.2 Å². The molecule has 0 fully saturated rings. The first kappa shape index (κ1) is 13.1. The van der Waals surface area contributed by atoms with E-state index in [9.17, 15) is 18.3 Å². The number of urea groups is 1. The van der Waals surface area contributed by atoms with Crippen molar-refractivity contribution in [3.63, 3.8) is 0 Å². The number of aromatic hydroxyl groups is 1. The van der Waals surface area contributed by atoms with E-state index >= 15 is 0 Å². The third-order valence-electron chi connectivity index (χ3n) is 2.49. The molecule has 0 aliphatic heterocycles. The molecule has 2 aromatic rings. The number of rotatable bonds is 2. The number of hydrogen-bond acceptors (Lipinski definition) is 4. The maximum Gasteiger partial charge on any atom is 0.316 e. The topological polar surface area (TPSA) is 130 Å². The Labute approximate surface area is 108 Å². The van der Waals surface area contributed by atoms with E-state index in [0.29, 0.717) is 5.39 Å². The number of amides is 2. The number of carbonyl (C=O) groups is 1. The summed E-state index contributed by atoms with van der Waals surface area (Å²) in [5, 5.41) is 12.7. The van der Waals surface area contributed by atoms with Crippen LogP contribution in [0.25, 0.3) is 10.8 Å². The number of phenols is 1. The van der Waals surface area contributed by atoms with Crippen LogP contribution < -0.4 is 11.1 Å². The summed E-state index contributed by atoms with van der Waals surface area (Å²) < 4.78 is 31.7. The minimum atomic E-state index is -4.72. The summed E-state index contributed by atoms with van der Waals surface area (Å²) in [6.45, 7) is 0. The van der Waals surface area contributed by atoms with Crippen molar-refractivity contribution in [3.05, 3.63) is 30.3 Å². The Morgan fingerprint density at radius 2 is 1.89 bits per heavy atom. The lowest BCUT2D eigenvalue weighted by molar-refractivity contribution is 0.259. The zero-order valence-electron chi connectivity index (χ0n) is 9.49. The summed E-state index contributed by atoms with van der Waals surface area (Å²) in [5.74, 6) is -0.649. The van der Waals surface area contributed by atoms with Crippen LogP contribution in [0.4, 0.5) is 10.5 Å². The van der Waals surface area contributed by atoms with E-state index in [1.807, 2.05) is 0 Å². The fourth-order valence-electron chi connectivity index (χ4n) is 1.80. The molecule has 2 amide bonds. The predicted molar refractivity (Wildman–Crippen MR) is 68.6 cm³/mol. The largest absolute Gasteiger partial charge is 0.506 e. The first-order valence-electron chi connectivity index (χ1n) is 5.09. The summed E-state index contributed by atoms with van der Waals surface area (Å²) in [4.78, 5) is 10.1. The molecule has 0 spiro atoms. The van der Waals surface area contributed by atoms with Crippen molar-refractivity contribution in [1.82, 2.24) is 0 Å². The molecule has 5 N–H and O–H groups in total. The van der Waals surface area contributed by atoms with E-state index in [2.05, 4.69) is 5.32 Å². The van der Waals surface area contributed by atoms with Crippen LogP contribution >= 0.6 is 0 Å². The van der Waals surface area contributed by atoms with Crippen LogP contribution in [0.5, 0.6) is 5.75 Å². The first-order valence-corrected chi connectivity index (χ1v) is 6.53. The fourth-order valence-corrected chi connectivity index (χ4v) is 2.54. The maximum absolute atomic E-state index is 11.3. The molecule has 0 saturated carbocycles. The fraction of sp³-hybridized carbons (Fsp3) is 0. The molecule has 19 heavy (non-hydrogen) atoms. The van der Waals surface area contributed by atoms with Crippen molar-refractivity contribution in [2.45, 2.75) is 4.90 Å². The average Bonchev–Trinajstić information content (AvgIpc) is 2.26. The van der Waals surface area contributed by atoms with Gasteiger partial charge in [-0.3, -0.25) is 4.55 Å². The Hall–Kier alpha value is -2.32. The number of fused-ring (bicyclic) bond motifs is 1. The smallest absolute Gasteiger partial charge is 0.316 e. The molecule has 2 rings (SSSR count). The maximum atomic E-state index is 11.3. The molecule has 0 saturated heterocycles. The Bertz CT molecular complexity index is 770. The standard InChI is InChI=1S/C11H10N2O5S/c12-11(15)13-8-5-6-3-1-2-4-7(6)9(14)10(8)19(16,17)18/h1-5,14H,(H3,12,13,15)(H,16,17,18). The number of phenolic OH excluding ortho intramolecular Hbond substituents is 1. The van der Waals surface area contributed by atoms with Crippen molar-refractivity contribution in [2.24, 2.45) is 5.73 Å². The molecule has 0 aliphatic carbocycles. The molecule has 100 valence electrons. The highest BCUT2D eigenvalue weighted by Crippen LogP contribution is 2.37. The van der Waals surface area contributed by atoms with Crippen molar-refractivity contribution >= 4 is 32.6 Å². The van der Waals surface area contributed by atoms with Crippen LogP contribution in [-0.4, -0.2) is 24.1 Å². The summed E-state index contributed by atoms with van der Waals surface area (Å²) in [6.07, 6.45) is 0. The summed E-state index contributed by atoms with van der Waals surface area (Å²) in [7, 11) is -4.72. The van der Waals surface area contributed by atoms with E-state index in [1.165, 1.54) is 12.1 Å². The molecule has 0 bridgehead atoms. The normalized spacial score (nSPS) is 11.4. The van der Waals surface area contributed by atoms with Crippen molar-refractivity contribution in [2.75, 3.05) is 5.32 Å². The number of primary amides is 1. The second-order valence-corrected chi connectivity index (χ2v) is 5.15. The summed E-state index contributed by atoms with van der Waals surface area (Å²) >= 11 is 0. The molecular formula is C11H10N2O5S. The molecule has 8 heteroatoms. The number of carbonyl (C=O) groups excluding carboxylic acids is 1. The van der Waals surface area contributed by atoms with Crippen LogP contribution in [-0.2, 0) is 10.1 Å². The lowest BCUT2D eigenvalue weighted by Crippen LogP contribution is -2.21. The Balaban J connectivity index is 2.88. The number of benzene rings is 2. The molecule has 0 radical (unpaired) electrons. The summed E-state index contributed by atoms with van der Waals surface area (Å²) in [5.41, 5.74) is 4.64. The van der Waals surface area contributed by atoms with Crippen LogP contribution in [0.15, 0.2) is 35.2 Å². The lowest BCUT2D eigenvalue weighted by atomic mass is 10.1. The van der Waals surface area contributed by atoms with Gasteiger partial charge in [-0.15, -0.1) is 0 Å². The minimum Gasteiger partial charge on any atom is -0.506 e. The quantitative estimate of drug-likeness (QED) is 0.616. The zero-order chi connectivity index (χ0) is 14.2. The number of nitrogens with one attached hydrogen (secondary N) is 1. The lowest BCUT2D eigenvalue weighted by Gasteiger charge is -2.12. The minimum absolute atomic E-state index is 0.227. The summed E-state index contributed by atoms with van der Waals surface area (Å²) in [6, 6.07) is 6.63. The van der Waals surface area contributed by atoms with Crippen molar-refractivity contribution < 1.29 is 22.9 Å². The third kappa shape index (κ3) is 2.44. The van der Waals surface area contributed by atoms with Crippen LogP contribution in [0.3, 0.4) is 0 Å². The van der Waals surface area contributed by atoms with Gasteiger partial charge in [0.25, 0.3) is 10.1 Å². The van der Waals surface area contributed by atoms with Gasteiger partial charge in [-0.25, -0.2) is 4.79 Å². The van der Waals surface area contributed by atoms with Crippen molar-refractivity contribution in [1.29, 1.82) is 0 Å². The van der Waals surface area contributed by atoms with Gasteiger partial charge in [0.2, 0.25) is 0 Å². The van der Waals surface area contributed by atoms with Gasteiger partial charge < -0.3 is 16.2 Å². The highest BCUT2D eigenvalue weighted by atomic mass is 32.2. The van der Waals surface area contributed by atoms with E-state index in [-0.39, 0.29) is 11.1 Å². The van der Waals surface area contributed by atoms with Crippen LogP contribution in [0.1, 0.15) is 0 Å². The van der Waals surface area contributed by atoms with Gasteiger partial charge in [-0.2, -0.15) is 8.42 Å². The second-order valence-electron chi connectivity index (χ2n) is 3.79. The van der Waals surface area contributed by atoms with Gasteiger partial charge >= 0.3 is 6.03 Å². The number of nitrogens with two attached hydrogens (primary N) is 1. The predicted octanol–water partition coefficient (Wildman–Crippen LogP) is 1.28. The van der Waals surface area contributed by atoms with Crippen molar-refractivity contribution in [3.8, 4) is 5.75 Å². The molecule has 2 aromatic carbocycles. The monoisotopic (exact) mass is 282 g/mol. The molecule has 7 nitrogen and oxygen atoms in total. The molecule has 0 heterocycles. The highest BCUT2D eigenvalue weighted by molar-refractivity contribution is 7.86. The second kappa shape index (κ2) is 4.41. The Kier molecular flexibility index (Phi) is 3.05. The molecular weight excluding hydrogens is 272 g/mol. The zero-order valence-corrected chi connectivity index (χ0v) is 10.3. The SMILES string of the molecule is NC(=O)Nc1cc2ccccc2c(O)c1S(=O)(=O)O.